The molecular formula is C21H25F3N4O. The molecule has 2 heterocycles. The summed E-state index contributed by atoms with van der Waals surface area (Å²) >= 11 is 0. The molecule has 0 bridgehead atoms. The number of anilines is 1. The van der Waals surface area contributed by atoms with Gasteiger partial charge in [0, 0.05) is 23.7 Å². The molecule has 1 saturated heterocycles. The maximum absolute atomic E-state index is 12.9. The van der Waals surface area contributed by atoms with E-state index in [1.807, 2.05) is 0 Å². The van der Waals surface area contributed by atoms with Crippen molar-refractivity contribution in [2.24, 2.45) is 0 Å². The van der Waals surface area contributed by atoms with Gasteiger partial charge in [0.15, 0.2) is 5.82 Å². The number of phenolic OH excluding ortho intramolecular Hbond substituents is 1. The Morgan fingerprint density at radius 3 is 2.55 bits per heavy atom. The number of rotatable bonds is 3. The number of nitrogens with one attached hydrogen (secondary N) is 1. The summed E-state index contributed by atoms with van der Waals surface area (Å²) in [7, 11) is 2.10. The second-order valence-electron chi connectivity index (χ2n) is 8.04. The zero-order chi connectivity index (χ0) is 20.6. The van der Waals surface area contributed by atoms with Crippen molar-refractivity contribution in [1.82, 2.24) is 15.1 Å². The van der Waals surface area contributed by atoms with Crippen LogP contribution in [0, 0.1) is 0 Å². The number of alkyl halides is 3. The lowest BCUT2D eigenvalue weighted by Gasteiger charge is -2.31. The fourth-order valence-corrected chi connectivity index (χ4v) is 4.37. The van der Waals surface area contributed by atoms with Crippen molar-refractivity contribution >= 4 is 5.82 Å². The number of likely N-dealkylation sites (N-methyl/N-ethyl adjacent to an activating group) is 1. The van der Waals surface area contributed by atoms with Gasteiger partial charge in [-0.15, -0.1) is 10.2 Å². The third-order valence-corrected chi connectivity index (χ3v) is 5.84. The molecule has 2 aliphatic rings. The number of likely N-dealkylation sites (tertiary alicyclic amines) is 1. The average Bonchev–Trinajstić information content (AvgIpc) is 2.68. The average molecular weight is 406 g/mol. The smallest absolute Gasteiger partial charge is 0.416 e. The first kappa shape index (κ1) is 19.9. The first-order valence-electron chi connectivity index (χ1n) is 10.1. The van der Waals surface area contributed by atoms with Gasteiger partial charge in [-0.05, 0) is 75.9 Å². The quantitative estimate of drug-likeness (QED) is 0.798. The summed E-state index contributed by atoms with van der Waals surface area (Å²) in [6, 6.07) is 3.34. The third-order valence-electron chi connectivity index (χ3n) is 5.84. The van der Waals surface area contributed by atoms with E-state index in [1.54, 1.807) is 0 Å². The van der Waals surface area contributed by atoms with Crippen LogP contribution in [0.25, 0.3) is 11.3 Å². The van der Waals surface area contributed by atoms with Gasteiger partial charge in [0.2, 0.25) is 0 Å². The van der Waals surface area contributed by atoms with E-state index in [0.29, 0.717) is 17.3 Å². The third kappa shape index (κ3) is 4.17. The van der Waals surface area contributed by atoms with Gasteiger partial charge in [-0.2, -0.15) is 13.2 Å². The Bertz CT molecular complexity index is 900. The number of nitrogens with zero attached hydrogens (tertiary/aromatic N) is 3. The van der Waals surface area contributed by atoms with E-state index < -0.39 is 17.5 Å². The van der Waals surface area contributed by atoms with E-state index in [4.69, 9.17) is 0 Å². The highest BCUT2D eigenvalue weighted by Gasteiger charge is 2.32. The number of benzene rings is 1. The van der Waals surface area contributed by atoms with Crippen LogP contribution in [-0.2, 0) is 19.0 Å². The number of hydrogen-bond acceptors (Lipinski definition) is 5. The lowest BCUT2D eigenvalue weighted by atomic mass is 9.88. The Balaban J connectivity index is 1.69. The molecule has 1 aromatic heterocycles. The lowest BCUT2D eigenvalue weighted by molar-refractivity contribution is -0.137. The molecule has 1 fully saturated rings. The summed E-state index contributed by atoms with van der Waals surface area (Å²) in [6.07, 6.45) is 1.35. The molecule has 5 nitrogen and oxygen atoms in total. The maximum Gasteiger partial charge on any atom is 0.416 e. The van der Waals surface area contributed by atoms with E-state index in [-0.39, 0.29) is 0 Å². The van der Waals surface area contributed by atoms with Crippen LogP contribution in [0.4, 0.5) is 19.0 Å². The van der Waals surface area contributed by atoms with Crippen molar-refractivity contribution in [1.29, 1.82) is 0 Å². The molecule has 2 aromatic rings. The van der Waals surface area contributed by atoms with Crippen molar-refractivity contribution in [3.05, 3.63) is 34.9 Å². The molecule has 2 N–H and O–H groups in total. The molecule has 1 atom stereocenters. The maximum atomic E-state index is 12.9. The Hall–Kier alpha value is -2.35. The molecule has 4 rings (SSSR count). The largest absolute Gasteiger partial charge is 0.507 e. The topological polar surface area (TPSA) is 61.3 Å². The standard InChI is InChI=1S/C21H25F3N4O/c1-28-10-4-5-14(12-28)25-20-16-7-3-2-6-15(16)19(26-27-20)17-9-8-13(11-18(17)29)21(22,23)24/h8-9,11,14,29H,2-7,10,12H2,1H3,(H,25,27). The van der Waals surface area contributed by atoms with E-state index in [0.717, 1.165) is 80.7 Å². The van der Waals surface area contributed by atoms with Gasteiger partial charge in [-0.1, -0.05) is 0 Å². The molecule has 1 aromatic carbocycles. The molecule has 0 saturated carbocycles. The van der Waals surface area contributed by atoms with E-state index in [1.165, 1.54) is 6.07 Å². The molecule has 0 spiro atoms. The highest BCUT2D eigenvalue weighted by atomic mass is 19.4. The second kappa shape index (κ2) is 7.82. The molecule has 1 unspecified atom stereocenters. The molecule has 156 valence electrons. The molecule has 1 aliphatic heterocycles. The van der Waals surface area contributed by atoms with Crippen LogP contribution in [0.15, 0.2) is 18.2 Å². The number of aromatic hydroxyl groups is 1. The van der Waals surface area contributed by atoms with Crippen LogP contribution in [-0.4, -0.2) is 46.4 Å². The Morgan fingerprint density at radius 1 is 1.10 bits per heavy atom. The minimum absolute atomic E-state index is 0.299. The summed E-state index contributed by atoms with van der Waals surface area (Å²) in [4.78, 5) is 2.29. The molecule has 1 aliphatic carbocycles. The number of hydrogen-bond donors (Lipinski definition) is 2. The fourth-order valence-electron chi connectivity index (χ4n) is 4.37. The minimum atomic E-state index is -4.50. The van der Waals surface area contributed by atoms with Gasteiger partial charge in [-0.3, -0.25) is 0 Å². The number of halogens is 3. The van der Waals surface area contributed by atoms with E-state index >= 15 is 0 Å². The fraction of sp³-hybridized carbons (Fsp3) is 0.524. The van der Waals surface area contributed by atoms with Crippen LogP contribution >= 0.6 is 0 Å². The van der Waals surface area contributed by atoms with Crippen molar-refractivity contribution in [3.63, 3.8) is 0 Å². The zero-order valence-electron chi connectivity index (χ0n) is 16.4. The molecule has 0 radical (unpaired) electrons. The van der Waals surface area contributed by atoms with Gasteiger partial charge in [0.1, 0.15) is 11.4 Å². The van der Waals surface area contributed by atoms with Gasteiger partial charge in [0.05, 0.1) is 5.56 Å². The number of aromatic nitrogens is 2. The minimum Gasteiger partial charge on any atom is -0.507 e. The number of phenols is 1. The van der Waals surface area contributed by atoms with Crippen molar-refractivity contribution in [2.75, 3.05) is 25.5 Å². The summed E-state index contributed by atoms with van der Waals surface area (Å²) < 4.78 is 38.8. The van der Waals surface area contributed by atoms with Crippen LogP contribution in [0.2, 0.25) is 0 Å². The van der Waals surface area contributed by atoms with Crippen molar-refractivity contribution in [2.45, 2.75) is 50.7 Å². The summed E-state index contributed by atoms with van der Waals surface area (Å²) in [5.41, 5.74) is 1.96. The summed E-state index contributed by atoms with van der Waals surface area (Å²) in [5.74, 6) is 0.353. The molecule has 29 heavy (non-hydrogen) atoms. The predicted molar refractivity (Wildman–Crippen MR) is 105 cm³/mol. The molecule has 8 heteroatoms. The van der Waals surface area contributed by atoms with Gasteiger partial charge in [-0.25, -0.2) is 0 Å². The van der Waals surface area contributed by atoms with Crippen molar-refractivity contribution < 1.29 is 18.3 Å². The van der Waals surface area contributed by atoms with E-state index in [2.05, 4.69) is 27.5 Å². The predicted octanol–water partition coefficient (Wildman–Crippen LogP) is 4.25. The highest BCUT2D eigenvalue weighted by Crippen LogP contribution is 2.39. The van der Waals surface area contributed by atoms with Gasteiger partial charge >= 0.3 is 6.18 Å². The van der Waals surface area contributed by atoms with Crippen LogP contribution in [0.3, 0.4) is 0 Å². The SMILES string of the molecule is CN1CCCC(Nc2nnc(-c3ccc(C(F)(F)F)cc3O)c3c2CCCC3)C1. The Morgan fingerprint density at radius 2 is 1.86 bits per heavy atom. The van der Waals surface area contributed by atoms with Crippen LogP contribution in [0.1, 0.15) is 42.4 Å². The number of piperidine rings is 1. The first-order chi connectivity index (χ1) is 13.8. The zero-order valence-corrected chi connectivity index (χ0v) is 16.4. The van der Waals surface area contributed by atoms with Crippen molar-refractivity contribution in [3.8, 4) is 17.0 Å². The van der Waals surface area contributed by atoms with Gasteiger partial charge in [0.25, 0.3) is 0 Å². The highest BCUT2D eigenvalue weighted by molar-refractivity contribution is 5.73. The van der Waals surface area contributed by atoms with Gasteiger partial charge < -0.3 is 15.3 Å². The number of fused-ring (bicyclic) bond motifs is 1. The molecule has 0 amide bonds. The van der Waals surface area contributed by atoms with Crippen LogP contribution in [0.5, 0.6) is 5.75 Å². The van der Waals surface area contributed by atoms with Crippen LogP contribution < -0.4 is 5.32 Å². The summed E-state index contributed by atoms with van der Waals surface area (Å²) in [6.45, 7) is 2.03. The van der Waals surface area contributed by atoms with E-state index in [9.17, 15) is 18.3 Å². The lowest BCUT2D eigenvalue weighted by Crippen LogP contribution is -2.40. The normalized spacial score (nSPS) is 20.3. The summed E-state index contributed by atoms with van der Waals surface area (Å²) in [5, 5.41) is 22.5. The Kier molecular flexibility index (Phi) is 5.38. The first-order valence-corrected chi connectivity index (χ1v) is 10.1. The Labute approximate surface area is 167 Å². The monoisotopic (exact) mass is 406 g/mol. The second-order valence-corrected chi connectivity index (χ2v) is 8.04. The molecular weight excluding hydrogens is 381 g/mol.